The van der Waals surface area contributed by atoms with Gasteiger partial charge in [-0.15, -0.1) is 0 Å². The van der Waals surface area contributed by atoms with Crippen LogP contribution in [0.25, 0.3) is 0 Å². The number of hydrogen-bond donors (Lipinski definition) is 2. The maximum atomic E-state index is 12.1. The summed E-state index contributed by atoms with van der Waals surface area (Å²) < 4.78 is 34.8. The van der Waals surface area contributed by atoms with Crippen LogP contribution in [0.2, 0.25) is 0 Å². The number of methoxy groups -OCH3 is 1. The van der Waals surface area contributed by atoms with Crippen molar-refractivity contribution in [2.75, 3.05) is 33.3 Å². The highest BCUT2D eigenvalue weighted by Crippen LogP contribution is 2.25. The first-order valence-corrected chi connectivity index (χ1v) is 10.7. The monoisotopic (exact) mass is 369 g/mol. The predicted molar refractivity (Wildman–Crippen MR) is 101 cm³/mol. The van der Waals surface area contributed by atoms with Crippen LogP contribution in [0, 0.1) is 0 Å². The van der Waals surface area contributed by atoms with Gasteiger partial charge in [-0.2, -0.15) is 8.42 Å². The summed E-state index contributed by atoms with van der Waals surface area (Å²) in [6, 6.07) is 7.96. The first-order chi connectivity index (χ1) is 12.1. The normalized spacial score (nSPS) is 17.8. The lowest BCUT2D eigenvalue weighted by atomic mass is 10.0. The third-order valence-electron chi connectivity index (χ3n) is 4.59. The van der Waals surface area contributed by atoms with Crippen LogP contribution in [0.15, 0.2) is 24.3 Å². The molecule has 0 saturated carbocycles. The summed E-state index contributed by atoms with van der Waals surface area (Å²) in [4.78, 5) is 2.40. The van der Waals surface area contributed by atoms with Gasteiger partial charge < -0.3 is 4.74 Å². The van der Waals surface area contributed by atoms with Crippen LogP contribution in [0.3, 0.4) is 0 Å². The van der Waals surface area contributed by atoms with E-state index < -0.39 is 10.2 Å². The van der Waals surface area contributed by atoms with Gasteiger partial charge in [0.1, 0.15) is 5.75 Å². The summed E-state index contributed by atoms with van der Waals surface area (Å²) in [6.45, 7) is 4.76. The molecule has 1 heterocycles. The van der Waals surface area contributed by atoms with E-state index in [4.69, 9.17) is 4.74 Å². The Balaban J connectivity index is 2.13. The molecule has 2 rings (SSSR count). The van der Waals surface area contributed by atoms with Crippen LogP contribution in [0.1, 0.15) is 50.6 Å². The molecule has 1 aromatic rings. The Labute approximate surface area is 152 Å². The molecule has 1 unspecified atom stereocenters. The molecule has 1 aromatic carbocycles. The quantitative estimate of drug-likeness (QED) is 0.701. The van der Waals surface area contributed by atoms with Crippen LogP contribution >= 0.6 is 0 Å². The van der Waals surface area contributed by atoms with E-state index in [0.29, 0.717) is 13.1 Å². The standard InChI is InChI=1S/C18H31N3O3S/c1-3-12-19-25(22,23)20-15-18(21-13-6-4-5-7-14-21)16-8-10-17(24-2)11-9-16/h8-11,18-20H,3-7,12-15H2,1-2H3. The Morgan fingerprint density at radius 2 is 1.72 bits per heavy atom. The second-order valence-electron chi connectivity index (χ2n) is 6.49. The lowest BCUT2D eigenvalue weighted by molar-refractivity contribution is 0.206. The zero-order valence-electron chi connectivity index (χ0n) is 15.3. The smallest absolute Gasteiger partial charge is 0.276 e. The number of rotatable bonds is 9. The average Bonchev–Trinajstić information content (AvgIpc) is 2.90. The summed E-state index contributed by atoms with van der Waals surface area (Å²) >= 11 is 0. The predicted octanol–water partition coefficient (Wildman–Crippen LogP) is 2.45. The summed E-state index contributed by atoms with van der Waals surface area (Å²) in [5.74, 6) is 0.809. The molecule has 1 fully saturated rings. The van der Waals surface area contributed by atoms with E-state index in [0.717, 1.165) is 43.7 Å². The van der Waals surface area contributed by atoms with Crippen molar-refractivity contribution in [3.8, 4) is 5.75 Å². The number of likely N-dealkylation sites (tertiary alicyclic amines) is 1. The van der Waals surface area contributed by atoms with Crippen molar-refractivity contribution in [1.29, 1.82) is 0 Å². The van der Waals surface area contributed by atoms with Crippen LogP contribution < -0.4 is 14.2 Å². The molecule has 0 spiro atoms. The average molecular weight is 370 g/mol. The minimum Gasteiger partial charge on any atom is -0.497 e. The molecular formula is C18H31N3O3S. The first-order valence-electron chi connectivity index (χ1n) is 9.18. The highest BCUT2D eigenvalue weighted by atomic mass is 32.2. The number of nitrogens with zero attached hydrogens (tertiary/aromatic N) is 1. The second kappa shape index (κ2) is 10.1. The van der Waals surface area contributed by atoms with E-state index in [1.54, 1.807) is 7.11 Å². The van der Waals surface area contributed by atoms with Crippen LogP contribution in [0.4, 0.5) is 0 Å². The number of hydrogen-bond acceptors (Lipinski definition) is 4. The van der Waals surface area contributed by atoms with Gasteiger partial charge in [-0.25, -0.2) is 9.44 Å². The molecule has 0 amide bonds. The largest absolute Gasteiger partial charge is 0.497 e. The van der Waals surface area contributed by atoms with E-state index in [1.807, 2.05) is 31.2 Å². The Morgan fingerprint density at radius 3 is 2.28 bits per heavy atom. The fraction of sp³-hybridized carbons (Fsp3) is 0.667. The molecule has 1 aliphatic rings. The van der Waals surface area contributed by atoms with E-state index >= 15 is 0 Å². The SMILES string of the molecule is CCCNS(=O)(=O)NCC(c1ccc(OC)cc1)N1CCCCCC1. The molecule has 0 radical (unpaired) electrons. The molecule has 0 bridgehead atoms. The van der Waals surface area contributed by atoms with Crippen molar-refractivity contribution in [2.45, 2.75) is 45.1 Å². The number of nitrogens with one attached hydrogen (secondary N) is 2. The van der Waals surface area contributed by atoms with E-state index in [-0.39, 0.29) is 6.04 Å². The van der Waals surface area contributed by atoms with Crippen LogP contribution in [-0.2, 0) is 10.2 Å². The summed E-state index contributed by atoms with van der Waals surface area (Å²) in [7, 11) is -1.81. The molecule has 1 atom stereocenters. The maximum absolute atomic E-state index is 12.1. The van der Waals surface area contributed by atoms with Gasteiger partial charge in [0.15, 0.2) is 0 Å². The summed E-state index contributed by atoms with van der Waals surface area (Å²) in [5, 5.41) is 0. The number of benzene rings is 1. The van der Waals surface area contributed by atoms with Gasteiger partial charge in [-0.3, -0.25) is 4.90 Å². The minimum atomic E-state index is -3.46. The van der Waals surface area contributed by atoms with Crippen LogP contribution in [0.5, 0.6) is 5.75 Å². The van der Waals surface area contributed by atoms with Gasteiger partial charge >= 0.3 is 0 Å². The summed E-state index contributed by atoms with van der Waals surface area (Å²) in [5.41, 5.74) is 1.11. The van der Waals surface area contributed by atoms with Gasteiger partial charge in [0.2, 0.25) is 0 Å². The fourth-order valence-corrected chi connectivity index (χ4v) is 4.12. The van der Waals surface area contributed by atoms with Gasteiger partial charge in [0, 0.05) is 19.1 Å². The number of ether oxygens (including phenoxy) is 1. The highest BCUT2D eigenvalue weighted by molar-refractivity contribution is 7.87. The lowest BCUT2D eigenvalue weighted by Crippen LogP contribution is -2.43. The van der Waals surface area contributed by atoms with E-state index in [1.165, 1.54) is 12.8 Å². The van der Waals surface area contributed by atoms with Gasteiger partial charge in [0.25, 0.3) is 10.2 Å². The molecule has 1 aliphatic heterocycles. The molecule has 0 aromatic heterocycles. The van der Waals surface area contributed by atoms with Crippen molar-refractivity contribution >= 4 is 10.2 Å². The van der Waals surface area contributed by atoms with Crippen molar-refractivity contribution in [3.63, 3.8) is 0 Å². The topological polar surface area (TPSA) is 70.7 Å². The molecule has 6 nitrogen and oxygen atoms in total. The van der Waals surface area contributed by atoms with Crippen molar-refractivity contribution in [3.05, 3.63) is 29.8 Å². The minimum absolute atomic E-state index is 0.0298. The zero-order valence-corrected chi connectivity index (χ0v) is 16.1. The molecular weight excluding hydrogens is 338 g/mol. The molecule has 142 valence electrons. The maximum Gasteiger partial charge on any atom is 0.276 e. The van der Waals surface area contributed by atoms with E-state index in [2.05, 4.69) is 14.3 Å². The van der Waals surface area contributed by atoms with E-state index in [9.17, 15) is 8.42 Å². The molecule has 25 heavy (non-hydrogen) atoms. The Morgan fingerprint density at radius 1 is 1.08 bits per heavy atom. The zero-order chi connectivity index (χ0) is 18.1. The lowest BCUT2D eigenvalue weighted by Gasteiger charge is -2.31. The van der Waals surface area contributed by atoms with Crippen LogP contribution in [-0.4, -0.2) is 46.6 Å². The Kier molecular flexibility index (Phi) is 8.15. The highest BCUT2D eigenvalue weighted by Gasteiger charge is 2.23. The van der Waals surface area contributed by atoms with Crippen molar-refractivity contribution in [1.82, 2.24) is 14.3 Å². The van der Waals surface area contributed by atoms with Crippen molar-refractivity contribution < 1.29 is 13.2 Å². The Bertz CT molecular complexity index is 596. The Hall–Kier alpha value is -1.15. The van der Waals surface area contributed by atoms with Gasteiger partial charge in [-0.1, -0.05) is 31.9 Å². The first kappa shape index (κ1) is 20.2. The molecule has 7 heteroatoms. The van der Waals surface area contributed by atoms with Gasteiger partial charge in [-0.05, 0) is 50.0 Å². The van der Waals surface area contributed by atoms with Gasteiger partial charge in [0.05, 0.1) is 7.11 Å². The molecule has 1 saturated heterocycles. The second-order valence-corrected chi connectivity index (χ2v) is 8.07. The van der Waals surface area contributed by atoms with Crippen molar-refractivity contribution in [2.24, 2.45) is 0 Å². The third kappa shape index (κ3) is 6.58. The molecule has 0 aliphatic carbocycles. The third-order valence-corrected chi connectivity index (χ3v) is 5.72. The summed E-state index contributed by atoms with van der Waals surface area (Å²) in [6.07, 6.45) is 5.58. The molecule has 2 N–H and O–H groups in total. The fourth-order valence-electron chi connectivity index (χ4n) is 3.17.